The first-order valence-electron chi connectivity index (χ1n) is 4.63. The van der Waals surface area contributed by atoms with E-state index >= 15 is 0 Å². The zero-order chi connectivity index (χ0) is 10.2. The molecule has 0 aromatic rings. The Morgan fingerprint density at radius 1 is 1.15 bits per heavy atom. The summed E-state index contributed by atoms with van der Waals surface area (Å²) >= 11 is 0. The molecule has 0 amide bonds. The van der Waals surface area contributed by atoms with E-state index in [1.807, 2.05) is 21.1 Å². The van der Waals surface area contributed by atoms with E-state index in [4.69, 9.17) is 4.74 Å². The molecule has 4 atom stereocenters. The molecule has 0 saturated carbocycles. The Balaban J connectivity index is 2.54. The lowest BCUT2D eigenvalue weighted by Gasteiger charge is -2.28. The van der Waals surface area contributed by atoms with Gasteiger partial charge in [0.2, 0.25) is 0 Å². The van der Waals surface area contributed by atoms with Crippen molar-refractivity contribution >= 4 is 0 Å². The monoisotopic (exact) mass is 190 g/mol. The fourth-order valence-electron chi connectivity index (χ4n) is 1.63. The highest BCUT2D eigenvalue weighted by atomic mass is 16.5. The summed E-state index contributed by atoms with van der Waals surface area (Å²) < 4.78 is 6.17. The first-order chi connectivity index (χ1) is 5.81. The van der Waals surface area contributed by atoms with Crippen LogP contribution in [0.15, 0.2) is 0 Å². The maximum absolute atomic E-state index is 9.61. The van der Waals surface area contributed by atoms with Gasteiger partial charge in [-0.15, -0.1) is 0 Å². The van der Waals surface area contributed by atoms with Crippen molar-refractivity contribution in [1.29, 1.82) is 0 Å². The van der Waals surface area contributed by atoms with Crippen LogP contribution in [0.2, 0.25) is 0 Å². The topological polar surface area (TPSA) is 49.7 Å². The van der Waals surface area contributed by atoms with Gasteiger partial charge in [0.05, 0.1) is 27.2 Å². The summed E-state index contributed by atoms with van der Waals surface area (Å²) in [6, 6.07) is 0. The van der Waals surface area contributed by atoms with Crippen LogP contribution in [0, 0.1) is 0 Å². The molecule has 1 rings (SSSR count). The van der Waals surface area contributed by atoms with Gasteiger partial charge in [-0.05, 0) is 6.92 Å². The third kappa shape index (κ3) is 2.64. The minimum atomic E-state index is -0.743. The lowest BCUT2D eigenvalue weighted by Crippen LogP contribution is -2.46. The van der Waals surface area contributed by atoms with E-state index in [1.165, 1.54) is 0 Å². The van der Waals surface area contributed by atoms with Crippen LogP contribution in [0.4, 0.5) is 0 Å². The summed E-state index contributed by atoms with van der Waals surface area (Å²) in [7, 11) is 6.10. The summed E-state index contributed by atoms with van der Waals surface area (Å²) in [5.41, 5.74) is 0. The Labute approximate surface area is 79.3 Å². The van der Waals surface area contributed by atoms with E-state index < -0.39 is 12.2 Å². The van der Waals surface area contributed by atoms with Crippen molar-refractivity contribution in [2.75, 3.05) is 27.7 Å². The molecule has 1 fully saturated rings. The van der Waals surface area contributed by atoms with Gasteiger partial charge in [0.25, 0.3) is 0 Å². The summed E-state index contributed by atoms with van der Waals surface area (Å²) in [6.45, 7) is 2.49. The highest BCUT2D eigenvalue weighted by Crippen LogP contribution is 2.22. The van der Waals surface area contributed by atoms with Gasteiger partial charge in [0.1, 0.15) is 24.9 Å². The van der Waals surface area contributed by atoms with E-state index in [0.29, 0.717) is 6.54 Å². The minimum absolute atomic E-state index is 0.245. The molecule has 2 N–H and O–H groups in total. The molecule has 0 spiro atoms. The van der Waals surface area contributed by atoms with Crippen LogP contribution in [-0.4, -0.2) is 66.8 Å². The molecule has 0 bridgehead atoms. The van der Waals surface area contributed by atoms with Crippen LogP contribution in [-0.2, 0) is 4.74 Å². The normalized spacial score (nSPS) is 41.1. The lowest BCUT2D eigenvalue weighted by atomic mass is 10.1. The molecule has 13 heavy (non-hydrogen) atoms. The number of aliphatic hydroxyl groups is 2. The summed E-state index contributed by atoms with van der Waals surface area (Å²) in [6.07, 6.45) is -1.99. The number of aliphatic hydroxyl groups excluding tert-OH is 2. The van der Waals surface area contributed by atoms with Crippen LogP contribution in [0.5, 0.6) is 0 Å². The molecule has 4 heteroatoms. The fourth-order valence-corrected chi connectivity index (χ4v) is 1.63. The summed E-state index contributed by atoms with van der Waals surface area (Å²) in [5.74, 6) is 0. The SMILES string of the molecule is C[C@@H]1O[C@H](C[N+](C)(C)C)[C@H](O)[C@H]1O. The Morgan fingerprint density at radius 2 is 1.69 bits per heavy atom. The van der Waals surface area contributed by atoms with Gasteiger partial charge in [-0.2, -0.15) is 0 Å². The van der Waals surface area contributed by atoms with Gasteiger partial charge < -0.3 is 19.4 Å². The number of ether oxygens (including phenoxy) is 1. The highest BCUT2D eigenvalue weighted by Gasteiger charge is 2.42. The zero-order valence-electron chi connectivity index (χ0n) is 8.77. The molecule has 4 nitrogen and oxygen atoms in total. The number of rotatable bonds is 2. The number of quaternary nitrogens is 1. The molecule has 78 valence electrons. The molecule has 0 aromatic heterocycles. The van der Waals surface area contributed by atoms with Crippen LogP contribution in [0.25, 0.3) is 0 Å². The molecule has 1 heterocycles. The maximum Gasteiger partial charge on any atom is 0.135 e. The van der Waals surface area contributed by atoms with Crippen molar-refractivity contribution in [3.63, 3.8) is 0 Å². The second kappa shape index (κ2) is 3.53. The zero-order valence-corrected chi connectivity index (χ0v) is 8.77. The van der Waals surface area contributed by atoms with Crippen molar-refractivity contribution in [3.8, 4) is 0 Å². The Bertz CT molecular complexity index is 178. The molecule has 0 radical (unpaired) electrons. The largest absolute Gasteiger partial charge is 0.388 e. The van der Waals surface area contributed by atoms with Crippen molar-refractivity contribution in [3.05, 3.63) is 0 Å². The first kappa shape index (κ1) is 10.9. The summed E-state index contributed by atoms with van der Waals surface area (Å²) in [4.78, 5) is 0. The van der Waals surface area contributed by atoms with Crippen LogP contribution in [0.3, 0.4) is 0 Å². The number of hydrogen-bond acceptors (Lipinski definition) is 3. The molecule has 0 aliphatic carbocycles. The third-order valence-corrected chi connectivity index (χ3v) is 2.33. The van der Waals surface area contributed by atoms with Gasteiger partial charge in [0, 0.05) is 0 Å². The number of likely N-dealkylation sites (N-methyl/N-ethyl adjacent to an activating group) is 1. The predicted octanol–water partition coefficient (Wildman–Crippen LogP) is -0.798. The molecular formula is C9H20NO3+. The van der Waals surface area contributed by atoms with Gasteiger partial charge >= 0.3 is 0 Å². The second-order valence-electron chi connectivity index (χ2n) is 4.83. The Morgan fingerprint density at radius 3 is 2.00 bits per heavy atom. The van der Waals surface area contributed by atoms with E-state index in [9.17, 15) is 10.2 Å². The van der Waals surface area contributed by atoms with E-state index in [2.05, 4.69) is 0 Å². The summed E-state index contributed by atoms with van der Waals surface area (Å²) in [5, 5.41) is 19.1. The second-order valence-corrected chi connectivity index (χ2v) is 4.83. The van der Waals surface area contributed by atoms with E-state index in [-0.39, 0.29) is 12.2 Å². The molecule has 0 unspecified atom stereocenters. The van der Waals surface area contributed by atoms with E-state index in [0.717, 1.165) is 4.48 Å². The average molecular weight is 190 g/mol. The standard InChI is InChI=1S/C9H20NO3/c1-6-8(11)9(12)7(13-6)5-10(2,3)4/h6-9,11-12H,5H2,1-4H3/q+1/t6-,7+,8-,9-/m0/s1. The maximum atomic E-state index is 9.61. The van der Waals surface area contributed by atoms with Crippen LogP contribution >= 0.6 is 0 Å². The molecule has 0 aromatic carbocycles. The van der Waals surface area contributed by atoms with E-state index in [1.54, 1.807) is 6.92 Å². The number of hydrogen-bond donors (Lipinski definition) is 2. The third-order valence-electron chi connectivity index (χ3n) is 2.33. The quantitative estimate of drug-likeness (QED) is 0.561. The molecular weight excluding hydrogens is 170 g/mol. The van der Waals surface area contributed by atoms with Crippen molar-refractivity contribution in [1.82, 2.24) is 0 Å². The predicted molar refractivity (Wildman–Crippen MR) is 49.2 cm³/mol. The lowest BCUT2D eigenvalue weighted by molar-refractivity contribution is -0.873. The van der Waals surface area contributed by atoms with Crippen molar-refractivity contribution in [2.45, 2.75) is 31.3 Å². The van der Waals surface area contributed by atoms with Crippen molar-refractivity contribution < 1.29 is 19.4 Å². The number of nitrogens with zero attached hydrogens (tertiary/aromatic N) is 1. The first-order valence-corrected chi connectivity index (χ1v) is 4.63. The Kier molecular flexibility index (Phi) is 2.97. The molecule has 1 aliphatic rings. The fraction of sp³-hybridized carbons (Fsp3) is 1.00. The highest BCUT2D eigenvalue weighted by molar-refractivity contribution is 4.88. The van der Waals surface area contributed by atoms with Gasteiger partial charge in [-0.1, -0.05) is 0 Å². The van der Waals surface area contributed by atoms with Crippen LogP contribution < -0.4 is 0 Å². The smallest absolute Gasteiger partial charge is 0.135 e. The Hall–Kier alpha value is -0.160. The van der Waals surface area contributed by atoms with Crippen LogP contribution in [0.1, 0.15) is 6.92 Å². The van der Waals surface area contributed by atoms with Gasteiger partial charge in [0.15, 0.2) is 0 Å². The minimum Gasteiger partial charge on any atom is -0.388 e. The average Bonchev–Trinajstić information content (AvgIpc) is 2.15. The molecule has 1 aliphatic heterocycles. The van der Waals surface area contributed by atoms with Gasteiger partial charge in [-0.3, -0.25) is 0 Å². The van der Waals surface area contributed by atoms with Gasteiger partial charge in [-0.25, -0.2) is 0 Å². The van der Waals surface area contributed by atoms with Crippen molar-refractivity contribution in [2.24, 2.45) is 0 Å². The molecule has 1 saturated heterocycles.